The lowest BCUT2D eigenvalue weighted by atomic mass is 10.1. The Morgan fingerprint density at radius 1 is 1.17 bits per heavy atom. The molecule has 0 aliphatic carbocycles. The number of carbonyl (C=O) groups is 1. The Kier molecular flexibility index (Phi) is 6.33. The highest BCUT2D eigenvalue weighted by molar-refractivity contribution is 7.89. The number of halogens is 1. The number of rotatable bonds is 7. The number of amides is 1. The van der Waals surface area contributed by atoms with Crippen LogP contribution in [-0.4, -0.2) is 24.5 Å². The molecule has 0 fully saturated rings. The molecule has 0 aliphatic heterocycles. The average Bonchev–Trinajstić information content (AvgIpc) is 3.11. The van der Waals surface area contributed by atoms with E-state index in [2.05, 4.69) is 4.98 Å². The second-order valence-electron chi connectivity index (χ2n) is 6.22. The number of hydrogen-bond acceptors (Lipinski definition) is 6. The summed E-state index contributed by atoms with van der Waals surface area (Å²) in [5.41, 5.74) is 2.96. The molecule has 0 unspecified atom stereocenters. The number of hydrogen-bond donors (Lipinski definition) is 3. The first-order valence-corrected chi connectivity index (χ1v) is 10.5. The van der Waals surface area contributed by atoms with Crippen LogP contribution in [0.15, 0.2) is 57.8 Å². The molecule has 0 saturated carbocycles. The average molecular weight is 436 g/mol. The maximum Gasteiger partial charge on any atom is 0.243 e. The van der Waals surface area contributed by atoms with E-state index >= 15 is 0 Å². The van der Waals surface area contributed by atoms with Crippen molar-refractivity contribution in [3.05, 3.63) is 59.4 Å². The minimum absolute atomic E-state index is 0.0816. The summed E-state index contributed by atoms with van der Waals surface area (Å²) in [5, 5.41) is 14.5. The number of nitrogens with one attached hydrogen (secondary N) is 1. The summed E-state index contributed by atoms with van der Waals surface area (Å²) in [6, 6.07) is 13.1. The van der Waals surface area contributed by atoms with Gasteiger partial charge in [-0.2, -0.15) is 0 Å². The number of primary sulfonamides is 1. The highest BCUT2D eigenvalue weighted by atomic mass is 35.5. The second kappa shape index (κ2) is 8.75. The zero-order valence-corrected chi connectivity index (χ0v) is 16.7. The molecule has 8 nitrogen and oxygen atoms in total. The van der Waals surface area contributed by atoms with E-state index in [1.54, 1.807) is 47.9 Å². The number of aromatic nitrogens is 1. The molecule has 29 heavy (non-hydrogen) atoms. The summed E-state index contributed by atoms with van der Waals surface area (Å²) in [7, 11) is -4.00. The Hall–Kier alpha value is -2.72. The number of benzene rings is 2. The Bertz CT molecular complexity index is 1130. The van der Waals surface area contributed by atoms with Gasteiger partial charge in [0.1, 0.15) is 5.69 Å². The zero-order valence-electron chi connectivity index (χ0n) is 15.1. The molecule has 0 atom stereocenters. The highest BCUT2D eigenvalue weighted by Gasteiger charge is 2.23. The lowest BCUT2D eigenvalue weighted by Crippen LogP contribution is -2.18. The van der Waals surface area contributed by atoms with Crippen LogP contribution in [0.25, 0.3) is 22.6 Å². The molecular formula is C19H18ClN3O5S. The van der Waals surface area contributed by atoms with Crippen LogP contribution in [0, 0.1) is 0 Å². The molecule has 1 amide bonds. The Morgan fingerprint density at radius 2 is 1.86 bits per heavy atom. The number of nitrogens with two attached hydrogens (primary N) is 1. The third-order valence-electron chi connectivity index (χ3n) is 4.15. The quantitative estimate of drug-likeness (QED) is 0.385. The Labute approximate surface area is 172 Å². The van der Waals surface area contributed by atoms with Gasteiger partial charge in [0.2, 0.25) is 15.9 Å². The standard InChI is InChI=1S/C19H18ClN3O5S/c20-13-10-8-12(9-11-13)18-19(14-4-1-2-5-15(14)29(21,26)27)28-17(22-18)7-3-6-16(24)23-25/h1-2,4-5,8-11,25H,3,6-7H2,(H,23,24)(H2,21,26,27). The third-order valence-corrected chi connectivity index (χ3v) is 5.37. The molecule has 0 saturated heterocycles. The lowest BCUT2D eigenvalue weighted by molar-refractivity contribution is -0.129. The normalized spacial score (nSPS) is 11.4. The van der Waals surface area contributed by atoms with E-state index in [1.165, 1.54) is 6.07 Å². The van der Waals surface area contributed by atoms with Gasteiger partial charge < -0.3 is 4.42 Å². The van der Waals surface area contributed by atoms with Gasteiger partial charge in [-0.3, -0.25) is 10.0 Å². The van der Waals surface area contributed by atoms with E-state index in [0.717, 1.165) is 0 Å². The van der Waals surface area contributed by atoms with Crippen molar-refractivity contribution in [3.8, 4) is 22.6 Å². The summed E-state index contributed by atoms with van der Waals surface area (Å²) in [5.74, 6) is 0.0488. The first kappa shape index (κ1) is 21.0. The molecule has 1 heterocycles. The van der Waals surface area contributed by atoms with Crippen LogP contribution >= 0.6 is 11.6 Å². The van der Waals surface area contributed by atoms with E-state index in [1.807, 2.05) is 0 Å². The van der Waals surface area contributed by atoms with Crippen LogP contribution in [0.4, 0.5) is 0 Å². The molecule has 3 rings (SSSR count). The lowest BCUT2D eigenvalue weighted by Gasteiger charge is -2.07. The molecule has 10 heteroatoms. The van der Waals surface area contributed by atoms with Gasteiger partial charge in [-0.05, 0) is 30.7 Å². The maximum atomic E-state index is 12.0. The summed E-state index contributed by atoms with van der Waals surface area (Å²) < 4.78 is 30.0. The topological polar surface area (TPSA) is 136 Å². The summed E-state index contributed by atoms with van der Waals surface area (Å²) in [4.78, 5) is 15.6. The van der Waals surface area contributed by atoms with Crippen LogP contribution in [0.3, 0.4) is 0 Å². The van der Waals surface area contributed by atoms with Gasteiger partial charge in [0.25, 0.3) is 0 Å². The van der Waals surface area contributed by atoms with Crippen molar-refractivity contribution in [2.24, 2.45) is 5.14 Å². The van der Waals surface area contributed by atoms with Crippen molar-refractivity contribution < 1.29 is 22.8 Å². The van der Waals surface area contributed by atoms with Gasteiger partial charge >= 0.3 is 0 Å². The smallest absolute Gasteiger partial charge is 0.243 e. The molecule has 0 radical (unpaired) electrons. The van der Waals surface area contributed by atoms with Gasteiger partial charge in [0.05, 0.1) is 4.90 Å². The van der Waals surface area contributed by atoms with Crippen molar-refractivity contribution in [2.75, 3.05) is 0 Å². The minimum atomic E-state index is -4.00. The molecule has 0 spiro atoms. The predicted molar refractivity (Wildman–Crippen MR) is 107 cm³/mol. The van der Waals surface area contributed by atoms with E-state index in [0.29, 0.717) is 35.0 Å². The van der Waals surface area contributed by atoms with Gasteiger partial charge in [-0.25, -0.2) is 24.0 Å². The van der Waals surface area contributed by atoms with Crippen molar-refractivity contribution >= 4 is 27.5 Å². The first-order valence-electron chi connectivity index (χ1n) is 8.60. The highest BCUT2D eigenvalue weighted by Crippen LogP contribution is 2.36. The van der Waals surface area contributed by atoms with Gasteiger partial charge in [0.15, 0.2) is 11.7 Å². The molecule has 3 aromatic rings. The van der Waals surface area contributed by atoms with Crippen molar-refractivity contribution in [3.63, 3.8) is 0 Å². The number of aryl methyl sites for hydroxylation is 1. The number of sulfonamides is 1. The number of carbonyl (C=O) groups excluding carboxylic acids is 1. The van der Waals surface area contributed by atoms with Gasteiger partial charge in [-0.1, -0.05) is 35.9 Å². The number of nitrogens with zero attached hydrogens (tertiary/aromatic N) is 1. The SMILES string of the molecule is NS(=O)(=O)c1ccccc1-c1oc(CCCC(=O)NO)nc1-c1ccc(Cl)cc1. The monoisotopic (exact) mass is 435 g/mol. The summed E-state index contributed by atoms with van der Waals surface area (Å²) in [6.45, 7) is 0. The van der Waals surface area contributed by atoms with Crippen LogP contribution in [0.5, 0.6) is 0 Å². The molecule has 2 aromatic carbocycles. The van der Waals surface area contributed by atoms with Crippen LogP contribution in [0.1, 0.15) is 18.7 Å². The Balaban J connectivity index is 2.08. The van der Waals surface area contributed by atoms with Crippen molar-refractivity contribution in [2.45, 2.75) is 24.2 Å². The fraction of sp³-hybridized carbons (Fsp3) is 0.158. The minimum Gasteiger partial charge on any atom is -0.440 e. The van der Waals surface area contributed by atoms with Crippen LogP contribution in [0.2, 0.25) is 5.02 Å². The fourth-order valence-corrected chi connectivity index (χ4v) is 3.68. The molecular weight excluding hydrogens is 418 g/mol. The molecule has 152 valence electrons. The van der Waals surface area contributed by atoms with Crippen molar-refractivity contribution in [1.82, 2.24) is 10.5 Å². The molecule has 1 aromatic heterocycles. The third kappa shape index (κ3) is 5.01. The van der Waals surface area contributed by atoms with Crippen molar-refractivity contribution in [1.29, 1.82) is 0 Å². The second-order valence-corrected chi connectivity index (χ2v) is 8.19. The zero-order chi connectivity index (χ0) is 21.0. The van der Waals surface area contributed by atoms with Gasteiger partial charge in [-0.15, -0.1) is 0 Å². The first-order chi connectivity index (χ1) is 13.8. The van der Waals surface area contributed by atoms with E-state index in [-0.39, 0.29) is 22.6 Å². The molecule has 0 aliphatic rings. The molecule has 0 bridgehead atoms. The van der Waals surface area contributed by atoms with E-state index in [9.17, 15) is 13.2 Å². The van der Waals surface area contributed by atoms with Crippen LogP contribution in [-0.2, 0) is 21.2 Å². The number of hydroxylamine groups is 1. The van der Waals surface area contributed by atoms with Gasteiger partial charge in [0, 0.05) is 29.0 Å². The van der Waals surface area contributed by atoms with E-state index < -0.39 is 15.9 Å². The molecule has 4 N–H and O–H groups in total. The Morgan fingerprint density at radius 3 is 2.52 bits per heavy atom. The fourth-order valence-electron chi connectivity index (χ4n) is 2.82. The summed E-state index contributed by atoms with van der Waals surface area (Å²) >= 11 is 5.96. The predicted octanol–water partition coefficient (Wildman–Crippen LogP) is 3.14. The van der Waals surface area contributed by atoms with E-state index in [4.69, 9.17) is 26.4 Å². The number of oxazole rings is 1. The maximum absolute atomic E-state index is 12.0. The summed E-state index contributed by atoms with van der Waals surface area (Å²) in [6.07, 6.45) is 0.771. The van der Waals surface area contributed by atoms with Crippen LogP contribution < -0.4 is 10.6 Å². The largest absolute Gasteiger partial charge is 0.440 e.